The summed E-state index contributed by atoms with van der Waals surface area (Å²) in [7, 11) is 1.58. The van der Waals surface area contributed by atoms with Crippen molar-refractivity contribution in [1.82, 2.24) is 4.98 Å². The van der Waals surface area contributed by atoms with Crippen LogP contribution in [0.2, 0.25) is 0 Å². The number of pyridine rings is 1. The predicted molar refractivity (Wildman–Crippen MR) is 67.0 cm³/mol. The van der Waals surface area contributed by atoms with Gasteiger partial charge in [0.05, 0.1) is 7.11 Å². The molecule has 0 atom stereocenters. The molecule has 0 bridgehead atoms. The van der Waals surface area contributed by atoms with Gasteiger partial charge in [-0.25, -0.2) is 4.98 Å². The molecule has 0 unspecified atom stereocenters. The van der Waals surface area contributed by atoms with Crippen LogP contribution in [0.15, 0.2) is 42.6 Å². The lowest BCUT2D eigenvalue weighted by molar-refractivity contribution is 0.112. The highest BCUT2D eigenvalue weighted by atomic mass is 16.5. The molecular formula is C14H13NO3. The minimum absolute atomic E-state index is 0.307. The normalized spacial score (nSPS) is 9.83. The lowest BCUT2D eigenvalue weighted by Crippen LogP contribution is -2.00. The van der Waals surface area contributed by atoms with Gasteiger partial charge < -0.3 is 9.47 Å². The molecule has 0 aliphatic carbocycles. The van der Waals surface area contributed by atoms with E-state index >= 15 is 0 Å². The van der Waals surface area contributed by atoms with Crippen LogP contribution in [0.4, 0.5) is 0 Å². The van der Waals surface area contributed by atoms with E-state index in [1.165, 1.54) is 0 Å². The van der Waals surface area contributed by atoms with Crippen LogP contribution in [-0.2, 0) is 6.61 Å². The van der Waals surface area contributed by atoms with Crippen LogP contribution in [0.25, 0.3) is 0 Å². The highest BCUT2D eigenvalue weighted by molar-refractivity contribution is 5.75. The largest absolute Gasteiger partial charge is 0.496 e. The van der Waals surface area contributed by atoms with Crippen molar-refractivity contribution in [1.29, 1.82) is 0 Å². The smallest absolute Gasteiger partial charge is 0.213 e. The number of methoxy groups -OCH3 is 1. The topological polar surface area (TPSA) is 48.4 Å². The van der Waals surface area contributed by atoms with Crippen molar-refractivity contribution >= 4 is 6.29 Å². The first-order chi connectivity index (χ1) is 8.83. The van der Waals surface area contributed by atoms with E-state index in [1.54, 1.807) is 37.6 Å². The zero-order chi connectivity index (χ0) is 12.8. The second-order valence-electron chi connectivity index (χ2n) is 3.65. The van der Waals surface area contributed by atoms with E-state index in [0.717, 1.165) is 11.8 Å². The summed E-state index contributed by atoms with van der Waals surface area (Å²) in [4.78, 5) is 14.8. The number of rotatable bonds is 5. The van der Waals surface area contributed by atoms with Crippen LogP contribution in [0.3, 0.4) is 0 Å². The molecule has 4 heteroatoms. The van der Waals surface area contributed by atoms with Crippen molar-refractivity contribution in [3.8, 4) is 11.6 Å². The van der Waals surface area contributed by atoms with E-state index in [0.29, 0.717) is 23.8 Å². The molecule has 1 aromatic carbocycles. The Labute approximate surface area is 105 Å². The first-order valence-electron chi connectivity index (χ1n) is 5.49. The minimum Gasteiger partial charge on any atom is -0.496 e. The molecule has 0 spiro atoms. The van der Waals surface area contributed by atoms with Crippen LogP contribution < -0.4 is 9.47 Å². The Bertz CT molecular complexity index is 526. The summed E-state index contributed by atoms with van der Waals surface area (Å²) in [5, 5.41) is 0. The summed E-state index contributed by atoms with van der Waals surface area (Å²) in [6, 6.07) is 10.6. The molecule has 0 saturated carbocycles. The first-order valence-corrected chi connectivity index (χ1v) is 5.49. The van der Waals surface area contributed by atoms with Crippen molar-refractivity contribution < 1.29 is 14.3 Å². The summed E-state index contributed by atoms with van der Waals surface area (Å²) >= 11 is 0. The first kappa shape index (κ1) is 12.1. The third-order valence-electron chi connectivity index (χ3n) is 2.45. The lowest BCUT2D eigenvalue weighted by Gasteiger charge is -2.10. The van der Waals surface area contributed by atoms with E-state index < -0.39 is 0 Å². The molecule has 4 nitrogen and oxygen atoms in total. The molecule has 0 fully saturated rings. The molecule has 92 valence electrons. The second kappa shape index (κ2) is 5.82. The van der Waals surface area contributed by atoms with Gasteiger partial charge in [-0.3, -0.25) is 4.79 Å². The molecular weight excluding hydrogens is 230 g/mol. The number of carbonyl (C=O) groups is 1. The van der Waals surface area contributed by atoms with Gasteiger partial charge in [0, 0.05) is 23.4 Å². The number of hydrogen-bond acceptors (Lipinski definition) is 4. The van der Waals surface area contributed by atoms with Crippen LogP contribution in [0.1, 0.15) is 15.9 Å². The van der Waals surface area contributed by atoms with Gasteiger partial charge in [-0.05, 0) is 24.3 Å². The van der Waals surface area contributed by atoms with Crippen LogP contribution in [0, 0.1) is 0 Å². The Hall–Kier alpha value is -2.36. The molecule has 1 heterocycles. The number of benzene rings is 1. The van der Waals surface area contributed by atoms with Crippen molar-refractivity contribution in [2.45, 2.75) is 6.61 Å². The van der Waals surface area contributed by atoms with Crippen molar-refractivity contribution in [2.24, 2.45) is 0 Å². The van der Waals surface area contributed by atoms with E-state index in [9.17, 15) is 4.79 Å². The molecule has 18 heavy (non-hydrogen) atoms. The third kappa shape index (κ3) is 2.85. The molecule has 2 aromatic rings. The van der Waals surface area contributed by atoms with Gasteiger partial charge in [0.25, 0.3) is 0 Å². The second-order valence-corrected chi connectivity index (χ2v) is 3.65. The summed E-state index contributed by atoms with van der Waals surface area (Å²) in [6.07, 6.45) is 2.46. The number of hydrogen-bond donors (Lipinski definition) is 0. The Morgan fingerprint density at radius 3 is 2.83 bits per heavy atom. The molecule has 2 rings (SSSR count). The van der Waals surface area contributed by atoms with E-state index in [1.807, 2.05) is 12.1 Å². The van der Waals surface area contributed by atoms with Gasteiger partial charge >= 0.3 is 0 Å². The van der Waals surface area contributed by atoms with E-state index in [-0.39, 0.29) is 0 Å². The van der Waals surface area contributed by atoms with Gasteiger partial charge in [-0.2, -0.15) is 0 Å². The fourth-order valence-corrected chi connectivity index (χ4v) is 1.57. The summed E-state index contributed by atoms with van der Waals surface area (Å²) < 4.78 is 10.7. The standard InChI is InChI=1S/C14H13NO3/c1-17-13-6-5-11(9-16)8-12(13)10-18-14-4-2-3-7-15-14/h2-9H,10H2,1H3. The highest BCUT2D eigenvalue weighted by Gasteiger charge is 2.05. The van der Waals surface area contributed by atoms with Crippen molar-refractivity contribution in [3.05, 3.63) is 53.7 Å². The number of carbonyl (C=O) groups excluding carboxylic acids is 1. The number of aldehydes is 1. The van der Waals surface area contributed by atoms with Gasteiger partial charge in [0.15, 0.2) is 0 Å². The Morgan fingerprint density at radius 1 is 1.28 bits per heavy atom. The summed E-state index contributed by atoms with van der Waals surface area (Å²) in [6.45, 7) is 0.307. The zero-order valence-electron chi connectivity index (χ0n) is 10.00. The Morgan fingerprint density at radius 2 is 2.17 bits per heavy atom. The van der Waals surface area contributed by atoms with Gasteiger partial charge in [-0.1, -0.05) is 6.07 Å². The van der Waals surface area contributed by atoms with Gasteiger partial charge in [-0.15, -0.1) is 0 Å². The lowest BCUT2D eigenvalue weighted by atomic mass is 10.1. The van der Waals surface area contributed by atoms with Crippen LogP contribution in [-0.4, -0.2) is 18.4 Å². The molecule has 0 amide bonds. The SMILES string of the molecule is COc1ccc(C=O)cc1COc1ccccn1. The summed E-state index contributed by atoms with van der Waals surface area (Å²) in [5.41, 5.74) is 1.41. The highest BCUT2D eigenvalue weighted by Crippen LogP contribution is 2.20. The van der Waals surface area contributed by atoms with Gasteiger partial charge in [0.1, 0.15) is 18.6 Å². The fourth-order valence-electron chi connectivity index (χ4n) is 1.57. The van der Waals surface area contributed by atoms with E-state index in [4.69, 9.17) is 9.47 Å². The molecule has 0 N–H and O–H groups in total. The van der Waals surface area contributed by atoms with Crippen LogP contribution in [0.5, 0.6) is 11.6 Å². The average molecular weight is 243 g/mol. The Kier molecular flexibility index (Phi) is 3.91. The number of ether oxygens (including phenoxy) is 2. The number of nitrogens with zero attached hydrogens (tertiary/aromatic N) is 1. The van der Waals surface area contributed by atoms with Crippen molar-refractivity contribution in [2.75, 3.05) is 7.11 Å². The Balaban J connectivity index is 2.15. The maximum absolute atomic E-state index is 10.7. The molecule has 0 radical (unpaired) electrons. The zero-order valence-corrected chi connectivity index (χ0v) is 10.00. The maximum atomic E-state index is 10.7. The maximum Gasteiger partial charge on any atom is 0.213 e. The molecule has 0 aliphatic heterocycles. The predicted octanol–water partition coefficient (Wildman–Crippen LogP) is 2.48. The molecule has 0 saturated heterocycles. The quantitative estimate of drug-likeness (QED) is 0.757. The molecule has 1 aromatic heterocycles. The van der Waals surface area contributed by atoms with Crippen molar-refractivity contribution in [3.63, 3.8) is 0 Å². The average Bonchev–Trinajstić information content (AvgIpc) is 2.45. The minimum atomic E-state index is 0.307. The van der Waals surface area contributed by atoms with Crippen LogP contribution >= 0.6 is 0 Å². The van der Waals surface area contributed by atoms with Gasteiger partial charge in [0.2, 0.25) is 5.88 Å². The third-order valence-corrected chi connectivity index (χ3v) is 2.45. The monoisotopic (exact) mass is 243 g/mol. The van der Waals surface area contributed by atoms with E-state index in [2.05, 4.69) is 4.98 Å². The molecule has 0 aliphatic rings. The summed E-state index contributed by atoms with van der Waals surface area (Å²) in [5.74, 6) is 1.23. The number of aromatic nitrogens is 1. The fraction of sp³-hybridized carbons (Fsp3) is 0.143.